The predicted octanol–water partition coefficient (Wildman–Crippen LogP) is 5.59. The minimum Gasteiger partial charge on any atom is -0.242 e. The molecule has 0 fully saturated rings. The molecule has 0 atom stereocenters. The highest BCUT2D eigenvalue weighted by atomic mass is 17.2. The molecule has 3 rings (SSSR count). The summed E-state index contributed by atoms with van der Waals surface area (Å²) in [7, 11) is 0. The van der Waals surface area contributed by atoms with Crippen molar-refractivity contribution in [3.63, 3.8) is 0 Å². The smallest absolute Gasteiger partial charge is 0.242 e. The van der Waals surface area contributed by atoms with Crippen LogP contribution in [-0.4, -0.2) is 11.9 Å². The highest BCUT2D eigenvalue weighted by molar-refractivity contribution is 5.92. The Kier molecular flexibility index (Phi) is 7.96. The summed E-state index contributed by atoms with van der Waals surface area (Å²) in [6, 6.07) is 24.6. The fraction of sp³-hybridized carbons (Fsp3) is 0. The number of hydrogen-bond donors (Lipinski definition) is 0. The summed E-state index contributed by atoms with van der Waals surface area (Å²) in [5.74, 6) is -1.42. The largest absolute Gasteiger partial charge is 0.386 e. The number of carbonyl (C=O) groups is 2. The highest BCUT2D eigenvalue weighted by Crippen LogP contribution is 2.06. The topological polar surface area (TPSA) is 52.6 Å². The van der Waals surface area contributed by atoms with E-state index in [-0.39, 0.29) is 0 Å². The van der Waals surface area contributed by atoms with E-state index in [2.05, 4.69) is 22.9 Å². The van der Waals surface area contributed by atoms with E-state index < -0.39 is 11.9 Å². The molecule has 0 aliphatic heterocycles. The number of rotatable bonds is 4. The van der Waals surface area contributed by atoms with Crippen molar-refractivity contribution in [1.29, 1.82) is 0 Å². The van der Waals surface area contributed by atoms with Crippen LogP contribution in [0.4, 0.5) is 0 Å². The fourth-order valence-electron chi connectivity index (χ4n) is 2.09. The third-order valence-electron chi connectivity index (χ3n) is 3.62. The Morgan fingerprint density at radius 1 is 0.571 bits per heavy atom. The maximum Gasteiger partial charge on any atom is 0.386 e. The minimum absolute atomic E-state index is 0.318. The van der Waals surface area contributed by atoms with Crippen LogP contribution in [0, 0.1) is 0 Å². The Balaban J connectivity index is 0.000000237. The van der Waals surface area contributed by atoms with Crippen LogP contribution in [-0.2, 0) is 9.78 Å². The molecular weight excluding hydrogens is 352 g/mol. The normalized spacial score (nSPS) is 9.29. The van der Waals surface area contributed by atoms with Gasteiger partial charge in [0.2, 0.25) is 0 Å². The molecule has 140 valence electrons. The average molecular weight is 372 g/mol. The lowest BCUT2D eigenvalue weighted by atomic mass is 10.1. The molecule has 0 aliphatic carbocycles. The standard InChI is InChI=1S/C14H10O4.C10H10/c15-13(11-7-3-1-4-8-11)17-18-14(16)12-9-5-2-6-10-12;1-3-9-5-7-10(4-2)8-6-9/h1-10H;3-8H,1-2H2. The lowest BCUT2D eigenvalue weighted by Crippen LogP contribution is -2.11. The van der Waals surface area contributed by atoms with Crippen molar-refractivity contribution >= 4 is 24.1 Å². The molecule has 3 aromatic rings. The number of benzene rings is 3. The van der Waals surface area contributed by atoms with Crippen LogP contribution in [0.25, 0.3) is 12.2 Å². The van der Waals surface area contributed by atoms with Crippen LogP contribution in [0.5, 0.6) is 0 Å². The van der Waals surface area contributed by atoms with Crippen molar-refractivity contribution in [3.8, 4) is 0 Å². The molecule has 4 nitrogen and oxygen atoms in total. The third-order valence-corrected chi connectivity index (χ3v) is 3.62. The zero-order valence-corrected chi connectivity index (χ0v) is 15.3. The van der Waals surface area contributed by atoms with Crippen LogP contribution >= 0.6 is 0 Å². The minimum atomic E-state index is -0.708. The van der Waals surface area contributed by atoms with Gasteiger partial charge in [-0.25, -0.2) is 19.4 Å². The molecule has 4 heteroatoms. The summed E-state index contributed by atoms with van der Waals surface area (Å²) in [4.78, 5) is 31.9. The Morgan fingerprint density at radius 2 is 0.893 bits per heavy atom. The molecule has 0 saturated heterocycles. The summed E-state index contributed by atoms with van der Waals surface area (Å²) >= 11 is 0. The zero-order valence-electron chi connectivity index (χ0n) is 15.3. The van der Waals surface area contributed by atoms with Gasteiger partial charge in [-0.3, -0.25) is 0 Å². The van der Waals surface area contributed by atoms with Gasteiger partial charge in [0.25, 0.3) is 0 Å². The zero-order chi connectivity index (χ0) is 20.2. The van der Waals surface area contributed by atoms with Gasteiger partial charge >= 0.3 is 11.9 Å². The first kappa shape index (κ1) is 20.4. The van der Waals surface area contributed by atoms with Crippen LogP contribution in [0.15, 0.2) is 98.1 Å². The first-order chi connectivity index (χ1) is 13.6. The van der Waals surface area contributed by atoms with Crippen LogP contribution < -0.4 is 0 Å². The maximum atomic E-state index is 11.5. The van der Waals surface area contributed by atoms with E-state index in [4.69, 9.17) is 0 Å². The van der Waals surface area contributed by atoms with Gasteiger partial charge in [-0.1, -0.05) is 86.0 Å². The molecule has 0 heterocycles. The molecule has 0 N–H and O–H groups in total. The van der Waals surface area contributed by atoms with Gasteiger partial charge in [-0.05, 0) is 35.4 Å². The molecule has 0 bridgehead atoms. The van der Waals surface area contributed by atoms with Crippen LogP contribution in [0.1, 0.15) is 31.8 Å². The van der Waals surface area contributed by atoms with E-state index in [1.807, 2.05) is 36.4 Å². The number of carbonyl (C=O) groups excluding carboxylic acids is 2. The van der Waals surface area contributed by atoms with E-state index >= 15 is 0 Å². The Labute approximate surface area is 164 Å². The van der Waals surface area contributed by atoms with Crippen LogP contribution in [0.3, 0.4) is 0 Å². The summed E-state index contributed by atoms with van der Waals surface area (Å²) in [5, 5.41) is 0. The molecular formula is C24H20O4. The Morgan fingerprint density at radius 3 is 1.18 bits per heavy atom. The first-order valence-electron chi connectivity index (χ1n) is 8.52. The Bertz CT molecular complexity index is 835. The molecule has 0 amide bonds. The quantitative estimate of drug-likeness (QED) is 0.443. The molecule has 28 heavy (non-hydrogen) atoms. The number of hydrogen-bond acceptors (Lipinski definition) is 4. The molecule has 0 unspecified atom stereocenters. The summed E-state index contributed by atoms with van der Waals surface area (Å²) in [6.07, 6.45) is 3.65. The predicted molar refractivity (Wildman–Crippen MR) is 110 cm³/mol. The summed E-state index contributed by atoms with van der Waals surface area (Å²) in [5.41, 5.74) is 2.92. The summed E-state index contributed by atoms with van der Waals surface area (Å²) < 4.78 is 0. The van der Waals surface area contributed by atoms with E-state index in [1.165, 1.54) is 0 Å². The van der Waals surface area contributed by atoms with E-state index in [1.54, 1.807) is 60.7 Å². The lowest BCUT2D eigenvalue weighted by molar-refractivity contribution is -0.187. The molecule has 0 aromatic heterocycles. The molecule has 0 aliphatic rings. The second-order valence-corrected chi connectivity index (χ2v) is 5.55. The van der Waals surface area contributed by atoms with Gasteiger partial charge in [0.1, 0.15) is 0 Å². The van der Waals surface area contributed by atoms with Gasteiger partial charge < -0.3 is 0 Å². The van der Waals surface area contributed by atoms with Crippen LogP contribution in [0.2, 0.25) is 0 Å². The van der Waals surface area contributed by atoms with E-state index in [9.17, 15) is 9.59 Å². The molecule has 0 radical (unpaired) electrons. The van der Waals surface area contributed by atoms with Crippen molar-refractivity contribution in [3.05, 3.63) is 120 Å². The van der Waals surface area contributed by atoms with Crippen molar-refractivity contribution in [1.82, 2.24) is 0 Å². The second-order valence-electron chi connectivity index (χ2n) is 5.55. The van der Waals surface area contributed by atoms with E-state index in [0.717, 1.165) is 11.1 Å². The monoisotopic (exact) mass is 372 g/mol. The van der Waals surface area contributed by atoms with Gasteiger partial charge in [0.05, 0.1) is 11.1 Å². The molecule has 0 saturated carbocycles. The third kappa shape index (κ3) is 6.42. The highest BCUT2D eigenvalue weighted by Gasteiger charge is 2.12. The lowest BCUT2D eigenvalue weighted by Gasteiger charge is -2.02. The fourth-order valence-corrected chi connectivity index (χ4v) is 2.09. The van der Waals surface area contributed by atoms with Crippen molar-refractivity contribution in [2.45, 2.75) is 0 Å². The second kappa shape index (κ2) is 10.9. The van der Waals surface area contributed by atoms with Crippen molar-refractivity contribution < 1.29 is 19.4 Å². The average Bonchev–Trinajstić information content (AvgIpc) is 2.79. The maximum absolute atomic E-state index is 11.5. The van der Waals surface area contributed by atoms with Gasteiger partial charge in [-0.2, -0.15) is 0 Å². The van der Waals surface area contributed by atoms with Crippen molar-refractivity contribution in [2.75, 3.05) is 0 Å². The van der Waals surface area contributed by atoms with Gasteiger partial charge in [0, 0.05) is 0 Å². The van der Waals surface area contributed by atoms with Crippen molar-refractivity contribution in [2.24, 2.45) is 0 Å². The molecule has 0 spiro atoms. The molecule has 3 aromatic carbocycles. The van der Waals surface area contributed by atoms with Gasteiger partial charge in [0.15, 0.2) is 0 Å². The van der Waals surface area contributed by atoms with E-state index in [0.29, 0.717) is 11.1 Å². The summed E-state index contributed by atoms with van der Waals surface area (Å²) in [6.45, 7) is 7.32. The van der Waals surface area contributed by atoms with Gasteiger partial charge in [-0.15, -0.1) is 0 Å². The Hall–Kier alpha value is -3.92. The SMILES string of the molecule is C=Cc1ccc(C=C)cc1.O=C(OOC(=O)c1ccccc1)c1ccccc1. The first-order valence-corrected chi connectivity index (χ1v) is 8.52.